The van der Waals surface area contributed by atoms with Gasteiger partial charge in [0, 0.05) is 18.4 Å². The molecule has 0 aliphatic rings. The highest BCUT2D eigenvalue weighted by Gasteiger charge is 2.03. The summed E-state index contributed by atoms with van der Waals surface area (Å²) in [6.07, 6.45) is 15.4. The van der Waals surface area contributed by atoms with E-state index in [1.54, 1.807) is 6.08 Å². The highest BCUT2D eigenvalue weighted by atomic mass is 16.5. The van der Waals surface area contributed by atoms with Crippen molar-refractivity contribution in [1.29, 1.82) is 0 Å². The number of aromatic nitrogens is 1. The molecular formula is C32H39NO2. The van der Waals surface area contributed by atoms with E-state index < -0.39 is 0 Å². The Morgan fingerprint density at radius 3 is 2.26 bits per heavy atom. The summed E-state index contributed by atoms with van der Waals surface area (Å²) in [6, 6.07) is 20.9. The summed E-state index contributed by atoms with van der Waals surface area (Å²) in [7, 11) is 0. The number of nitrogens with zero attached hydrogens (tertiary/aromatic N) is 1. The van der Waals surface area contributed by atoms with Crippen LogP contribution in [0.5, 0.6) is 5.75 Å². The van der Waals surface area contributed by atoms with E-state index in [-0.39, 0.29) is 0 Å². The number of hydrogen-bond acceptors (Lipinski definition) is 3. The Hall–Kier alpha value is -3.17. The molecule has 3 rings (SSSR count). The quantitative estimate of drug-likeness (QED) is 0.165. The molecule has 1 aromatic heterocycles. The van der Waals surface area contributed by atoms with E-state index in [9.17, 15) is 0 Å². The molecule has 3 heteroatoms. The molecule has 0 aliphatic carbocycles. The maximum absolute atomic E-state index is 5.87. The fourth-order valence-corrected chi connectivity index (χ4v) is 3.87. The van der Waals surface area contributed by atoms with Gasteiger partial charge >= 0.3 is 0 Å². The first-order valence-corrected chi connectivity index (χ1v) is 12.9. The summed E-state index contributed by atoms with van der Waals surface area (Å²) < 4.78 is 11.4. The lowest BCUT2D eigenvalue weighted by Crippen LogP contribution is -2.08. The molecule has 35 heavy (non-hydrogen) atoms. The van der Waals surface area contributed by atoms with E-state index in [0.29, 0.717) is 12.7 Å². The van der Waals surface area contributed by atoms with Crippen LogP contribution in [-0.4, -0.2) is 24.3 Å². The standard InChI is InChI=1S/C32H39NO2/c1-4-6-10-24-34-26(3)11-8-7-9-12-27-13-22-32(33-25-27)30-16-14-28(15-17-30)29-18-20-31(21-19-29)35-23-5-2/h5,9,12-22,25-26H,2,4,6-8,10-11,23-24H2,1,3H3. The van der Waals surface area contributed by atoms with Crippen molar-refractivity contribution in [3.63, 3.8) is 0 Å². The summed E-state index contributed by atoms with van der Waals surface area (Å²) >= 11 is 0. The van der Waals surface area contributed by atoms with E-state index in [0.717, 1.165) is 54.0 Å². The molecule has 3 nitrogen and oxygen atoms in total. The molecule has 1 atom stereocenters. The second-order valence-corrected chi connectivity index (χ2v) is 8.90. The van der Waals surface area contributed by atoms with Crippen molar-refractivity contribution in [2.45, 2.75) is 58.5 Å². The number of rotatable bonds is 15. The van der Waals surface area contributed by atoms with Gasteiger partial charge in [0.1, 0.15) is 12.4 Å². The van der Waals surface area contributed by atoms with Gasteiger partial charge in [0.2, 0.25) is 0 Å². The monoisotopic (exact) mass is 469 g/mol. The Morgan fingerprint density at radius 1 is 0.886 bits per heavy atom. The molecule has 0 aliphatic heterocycles. The minimum atomic E-state index is 0.350. The molecule has 0 amide bonds. The van der Waals surface area contributed by atoms with E-state index in [1.165, 1.54) is 24.8 Å². The second-order valence-electron chi connectivity index (χ2n) is 8.90. The smallest absolute Gasteiger partial charge is 0.119 e. The zero-order valence-corrected chi connectivity index (χ0v) is 21.3. The fraction of sp³-hybridized carbons (Fsp3) is 0.344. The largest absolute Gasteiger partial charge is 0.490 e. The van der Waals surface area contributed by atoms with E-state index in [1.807, 2.05) is 18.3 Å². The third kappa shape index (κ3) is 9.18. The number of unbranched alkanes of at least 4 members (excludes halogenated alkanes) is 3. The Labute approximate surface area is 211 Å². The van der Waals surface area contributed by atoms with Gasteiger partial charge in [-0.2, -0.15) is 0 Å². The normalized spacial score (nSPS) is 12.1. The SMILES string of the molecule is C=CCOc1ccc(-c2ccc(-c3ccc(C=CCCCC(C)OCCCCC)cn3)cc2)cc1. The number of allylic oxidation sites excluding steroid dienone is 1. The highest BCUT2D eigenvalue weighted by molar-refractivity contribution is 5.69. The van der Waals surface area contributed by atoms with Gasteiger partial charge in [-0.15, -0.1) is 0 Å². The first-order valence-electron chi connectivity index (χ1n) is 12.9. The van der Waals surface area contributed by atoms with Crippen LogP contribution in [0, 0.1) is 0 Å². The molecule has 0 bridgehead atoms. The molecule has 0 saturated carbocycles. The van der Waals surface area contributed by atoms with Gasteiger partial charge in [0.05, 0.1) is 11.8 Å². The van der Waals surface area contributed by atoms with Crippen molar-refractivity contribution in [1.82, 2.24) is 4.98 Å². The number of hydrogen-bond donors (Lipinski definition) is 0. The minimum absolute atomic E-state index is 0.350. The van der Waals surface area contributed by atoms with Crippen molar-refractivity contribution in [3.8, 4) is 28.1 Å². The van der Waals surface area contributed by atoms with Crippen molar-refractivity contribution in [2.75, 3.05) is 13.2 Å². The molecule has 0 spiro atoms. The molecular weight excluding hydrogens is 430 g/mol. The summed E-state index contributed by atoms with van der Waals surface area (Å²) in [5.41, 5.74) is 5.56. The lowest BCUT2D eigenvalue weighted by atomic mass is 10.0. The Balaban J connectivity index is 1.45. The van der Waals surface area contributed by atoms with Gasteiger partial charge in [0.25, 0.3) is 0 Å². The van der Waals surface area contributed by atoms with Crippen LogP contribution in [0.2, 0.25) is 0 Å². The third-order valence-corrected chi connectivity index (χ3v) is 5.96. The van der Waals surface area contributed by atoms with Gasteiger partial charge in [-0.05, 0) is 67.5 Å². The third-order valence-electron chi connectivity index (χ3n) is 5.96. The van der Waals surface area contributed by atoms with Crippen LogP contribution in [-0.2, 0) is 4.74 Å². The minimum Gasteiger partial charge on any atom is -0.490 e. The van der Waals surface area contributed by atoms with Gasteiger partial charge in [-0.25, -0.2) is 0 Å². The van der Waals surface area contributed by atoms with Crippen molar-refractivity contribution in [3.05, 3.63) is 91.2 Å². The number of pyridine rings is 1. The molecule has 2 aromatic carbocycles. The summed E-state index contributed by atoms with van der Waals surface area (Å²) in [5.74, 6) is 0.852. The van der Waals surface area contributed by atoms with Crippen LogP contribution >= 0.6 is 0 Å². The van der Waals surface area contributed by atoms with Crippen LogP contribution < -0.4 is 4.74 Å². The van der Waals surface area contributed by atoms with Crippen molar-refractivity contribution >= 4 is 6.08 Å². The molecule has 0 saturated heterocycles. The first-order chi connectivity index (χ1) is 17.2. The molecule has 0 fully saturated rings. The molecule has 0 radical (unpaired) electrons. The Bertz CT molecular complexity index is 1020. The zero-order valence-electron chi connectivity index (χ0n) is 21.3. The lowest BCUT2D eigenvalue weighted by molar-refractivity contribution is 0.0566. The number of benzene rings is 2. The van der Waals surface area contributed by atoms with Gasteiger partial charge in [-0.3, -0.25) is 4.98 Å². The van der Waals surface area contributed by atoms with Gasteiger partial charge in [-0.1, -0.05) is 87.0 Å². The lowest BCUT2D eigenvalue weighted by Gasteiger charge is -2.11. The number of ether oxygens (including phenoxy) is 2. The first kappa shape index (κ1) is 26.4. The van der Waals surface area contributed by atoms with Gasteiger partial charge in [0.15, 0.2) is 0 Å². The van der Waals surface area contributed by atoms with Gasteiger partial charge < -0.3 is 9.47 Å². The predicted molar refractivity (Wildman–Crippen MR) is 149 cm³/mol. The molecule has 1 unspecified atom stereocenters. The summed E-state index contributed by atoms with van der Waals surface area (Å²) in [4.78, 5) is 4.67. The van der Waals surface area contributed by atoms with Crippen molar-refractivity contribution < 1.29 is 9.47 Å². The molecule has 0 N–H and O–H groups in total. The predicted octanol–water partition coefficient (Wildman–Crippen LogP) is 8.76. The average molecular weight is 470 g/mol. The van der Waals surface area contributed by atoms with E-state index in [4.69, 9.17) is 9.47 Å². The Kier molecular flexibility index (Phi) is 11.3. The van der Waals surface area contributed by atoms with Crippen LogP contribution in [0.15, 0.2) is 85.6 Å². The Morgan fingerprint density at radius 2 is 1.60 bits per heavy atom. The van der Waals surface area contributed by atoms with E-state index in [2.05, 4.69) is 86.1 Å². The summed E-state index contributed by atoms with van der Waals surface area (Å²) in [5, 5.41) is 0. The zero-order chi connectivity index (χ0) is 24.7. The average Bonchev–Trinajstić information content (AvgIpc) is 2.90. The molecule has 1 heterocycles. The maximum Gasteiger partial charge on any atom is 0.119 e. The second kappa shape index (κ2) is 15.0. The maximum atomic E-state index is 5.87. The molecule has 184 valence electrons. The van der Waals surface area contributed by atoms with Crippen LogP contribution in [0.3, 0.4) is 0 Å². The van der Waals surface area contributed by atoms with Crippen LogP contribution in [0.4, 0.5) is 0 Å². The topological polar surface area (TPSA) is 31.4 Å². The summed E-state index contributed by atoms with van der Waals surface area (Å²) in [6.45, 7) is 9.49. The van der Waals surface area contributed by atoms with Crippen molar-refractivity contribution in [2.24, 2.45) is 0 Å². The van der Waals surface area contributed by atoms with E-state index >= 15 is 0 Å². The highest BCUT2D eigenvalue weighted by Crippen LogP contribution is 2.26. The fourth-order valence-electron chi connectivity index (χ4n) is 3.87. The van der Waals surface area contributed by atoms with Crippen LogP contribution in [0.25, 0.3) is 28.5 Å². The van der Waals surface area contributed by atoms with Crippen LogP contribution in [0.1, 0.15) is 57.9 Å². The molecule has 3 aromatic rings.